The Morgan fingerprint density at radius 2 is 1.70 bits per heavy atom. The Morgan fingerprint density at radius 3 is 2.48 bits per heavy atom. The molecule has 1 aromatic heterocycles. The molecule has 2 aromatic carbocycles. The Morgan fingerprint density at radius 1 is 0.963 bits per heavy atom. The summed E-state index contributed by atoms with van der Waals surface area (Å²) in [4.78, 5) is 11.7. The lowest BCUT2D eigenvalue weighted by atomic mass is 10.1. The molecule has 2 heterocycles. The number of rotatable bonds is 5. The fourth-order valence-electron chi connectivity index (χ4n) is 3.07. The van der Waals surface area contributed by atoms with Crippen molar-refractivity contribution >= 4 is 17.5 Å². The minimum absolute atomic E-state index is 0.544. The van der Waals surface area contributed by atoms with Crippen LogP contribution in [0, 0.1) is 0 Å². The molecule has 6 nitrogen and oxygen atoms in total. The Balaban J connectivity index is 1.73. The highest BCUT2D eigenvalue weighted by Gasteiger charge is 2.16. The number of ether oxygens (including phenoxy) is 2. The molecule has 6 heteroatoms. The van der Waals surface area contributed by atoms with Crippen LogP contribution in [0.1, 0.15) is 0 Å². The first kappa shape index (κ1) is 17.3. The monoisotopic (exact) mass is 362 g/mol. The first-order valence-electron chi connectivity index (χ1n) is 9.01. The summed E-state index contributed by atoms with van der Waals surface area (Å²) in [7, 11) is 1.65. The van der Waals surface area contributed by atoms with Crippen molar-refractivity contribution in [2.24, 2.45) is 0 Å². The van der Waals surface area contributed by atoms with Gasteiger partial charge < -0.3 is 19.7 Å². The van der Waals surface area contributed by atoms with Crippen molar-refractivity contribution in [2.75, 3.05) is 43.6 Å². The van der Waals surface area contributed by atoms with Crippen molar-refractivity contribution in [3.8, 4) is 17.0 Å². The van der Waals surface area contributed by atoms with Crippen molar-refractivity contribution in [1.29, 1.82) is 0 Å². The SMILES string of the molecule is COc1ccccc1Nc1nc(-c2ccccc2)cc(N2CCOCC2)n1. The molecule has 27 heavy (non-hydrogen) atoms. The molecule has 1 aliphatic heterocycles. The van der Waals surface area contributed by atoms with Crippen LogP contribution in [0.3, 0.4) is 0 Å². The fraction of sp³-hybridized carbons (Fsp3) is 0.238. The summed E-state index contributed by atoms with van der Waals surface area (Å²) in [6, 6.07) is 19.9. The molecule has 1 saturated heterocycles. The molecule has 0 saturated carbocycles. The molecule has 0 unspecified atom stereocenters. The molecule has 0 radical (unpaired) electrons. The Labute approximate surface area is 158 Å². The van der Waals surface area contributed by atoms with Gasteiger partial charge in [-0.1, -0.05) is 42.5 Å². The van der Waals surface area contributed by atoms with Crippen molar-refractivity contribution in [3.05, 3.63) is 60.7 Å². The Hall–Kier alpha value is -3.12. The fourth-order valence-corrected chi connectivity index (χ4v) is 3.07. The third kappa shape index (κ3) is 4.01. The smallest absolute Gasteiger partial charge is 0.229 e. The van der Waals surface area contributed by atoms with Gasteiger partial charge in [-0.25, -0.2) is 4.98 Å². The number of hydrogen-bond acceptors (Lipinski definition) is 6. The van der Waals surface area contributed by atoms with E-state index in [1.165, 1.54) is 0 Å². The van der Waals surface area contributed by atoms with Gasteiger partial charge in [0.25, 0.3) is 0 Å². The number of hydrogen-bond donors (Lipinski definition) is 1. The highest BCUT2D eigenvalue weighted by Crippen LogP contribution is 2.29. The summed E-state index contributed by atoms with van der Waals surface area (Å²) in [6.45, 7) is 3.05. The zero-order chi connectivity index (χ0) is 18.5. The highest BCUT2D eigenvalue weighted by molar-refractivity contribution is 5.68. The number of nitrogens with one attached hydrogen (secondary N) is 1. The summed E-state index contributed by atoms with van der Waals surface area (Å²) in [5, 5.41) is 3.31. The van der Waals surface area contributed by atoms with Gasteiger partial charge in [0.15, 0.2) is 0 Å². The lowest BCUT2D eigenvalue weighted by Crippen LogP contribution is -2.36. The van der Waals surface area contributed by atoms with E-state index in [-0.39, 0.29) is 0 Å². The third-order valence-electron chi connectivity index (χ3n) is 4.47. The lowest BCUT2D eigenvalue weighted by Gasteiger charge is -2.28. The lowest BCUT2D eigenvalue weighted by molar-refractivity contribution is 0.122. The second-order valence-corrected chi connectivity index (χ2v) is 6.23. The summed E-state index contributed by atoms with van der Waals surface area (Å²) >= 11 is 0. The van der Waals surface area contributed by atoms with Crippen LogP contribution in [0.4, 0.5) is 17.5 Å². The molecule has 0 spiro atoms. The molecule has 0 amide bonds. The van der Waals surface area contributed by atoms with E-state index in [1.54, 1.807) is 7.11 Å². The number of benzene rings is 2. The quantitative estimate of drug-likeness (QED) is 0.746. The molecule has 1 aliphatic rings. The molecule has 0 aliphatic carbocycles. The normalized spacial score (nSPS) is 14.0. The van der Waals surface area contributed by atoms with Crippen LogP contribution >= 0.6 is 0 Å². The van der Waals surface area contributed by atoms with Crippen molar-refractivity contribution in [2.45, 2.75) is 0 Å². The van der Waals surface area contributed by atoms with E-state index in [9.17, 15) is 0 Å². The van der Waals surface area contributed by atoms with E-state index in [1.807, 2.05) is 48.5 Å². The molecular formula is C21H22N4O2. The minimum Gasteiger partial charge on any atom is -0.495 e. The topological polar surface area (TPSA) is 59.5 Å². The maximum atomic E-state index is 5.48. The van der Waals surface area contributed by atoms with Gasteiger partial charge in [0.2, 0.25) is 5.95 Å². The van der Waals surface area contributed by atoms with Crippen LogP contribution in [-0.2, 0) is 4.74 Å². The number of aromatic nitrogens is 2. The van der Waals surface area contributed by atoms with Crippen LogP contribution < -0.4 is 15.0 Å². The largest absolute Gasteiger partial charge is 0.495 e. The summed E-state index contributed by atoms with van der Waals surface area (Å²) in [5.74, 6) is 2.19. The molecule has 1 fully saturated rings. The predicted octanol–water partition coefficient (Wildman–Crippen LogP) is 3.73. The van der Waals surface area contributed by atoms with Gasteiger partial charge in [-0.15, -0.1) is 0 Å². The molecular weight excluding hydrogens is 340 g/mol. The van der Waals surface area contributed by atoms with E-state index >= 15 is 0 Å². The number of methoxy groups -OCH3 is 1. The maximum Gasteiger partial charge on any atom is 0.229 e. The van der Waals surface area contributed by atoms with Crippen LogP contribution in [-0.4, -0.2) is 43.4 Å². The molecule has 0 bridgehead atoms. The average molecular weight is 362 g/mol. The average Bonchev–Trinajstić information content (AvgIpc) is 2.75. The van der Waals surface area contributed by atoms with Gasteiger partial charge in [-0.3, -0.25) is 0 Å². The summed E-state index contributed by atoms with van der Waals surface area (Å²) in [5.41, 5.74) is 2.76. The van der Waals surface area contributed by atoms with Gasteiger partial charge in [0.1, 0.15) is 11.6 Å². The Bertz CT molecular complexity index is 896. The van der Waals surface area contributed by atoms with E-state index in [2.05, 4.69) is 22.3 Å². The third-order valence-corrected chi connectivity index (χ3v) is 4.47. The molecule has 0 atom stereocenters. The van der Waals surface area contributed by atoms with Crippen molar-refractivity contribution in [1.82, 2.24) is 9.97 Å². The standard InChI is InChI=1S/C21H22N4O2/c1-26-19-10-6-5-9-17(19)22-21-23-18(16-7-3-2-4-8-16)15-20(24-21)25-11-13-27-14-12-25/h2-10,15H,11-14H2,1H3,(H,22,23,24). The van der Waals surface area contributed by atoms with Gasteiger partial charge in [0.05, 0.1) is 31.7 Å². The van der Waals surface area contributed by atoms with Gasteiger partial charge in [-0.05, 0) is 12.1 Å². The predicted molar refractivity (Wildman–Crippen MR) is 107 cm³/mol. The van der Waals surface area contributed by atoms with Crippen LogP contribution in [0.15, 0.2) is 60.7 Å². The van der Waals surface area contributed by atoms with Gasteiger partial charge in [-0.2, -0.15) is 4.98 Å². The van der Waals surface area contributed by atoms with E-state index in [0.717, 1.165) is 41.6 Å². The van der Waals surface area contributed by atoms with Gasteiger partial charge in [0, 0.05) is 24.7 Å². The zero-order valence-corrected chi connectivity index (χ0v) is 15.3. The highest BCUT2D eigenvalue weighted by atomic mass is 16.5. The molecule has 138 valence electrons. The minimum atomic E-state index is 0.544. The molecule has 1 N–H and O–H groups in total. The Kier molecular flexibility index (Phi) is 5.16. The summed E-state index contributed by atoms with van der Waals surface area (Å²) in [6.07, 6.45) is 0. The molecule has 3 aromatic rings. The second kappa shape index (κ2) is 8.05. The zero-order valence-electron chi connectivity index (χ0n) is 15.3. The van der Waals surface area contributed by atoms with Crippen molar-refractivity contribution in [3.63, 3.8) is 0 Å². The summed E-state index contributed by atoms with van der Waals surface area (Å²) < 4.78 is 10.9. The first-order chi connectivity index (χ1) is 13.3. The number of anilines is 3. The van der Waals surface area contributed by atoms with Crippen LogP contribution in [0.2, 0.25) is 0 Å². The molecule has 4 rings (SSSR count). The number of para-hydroxylation sites is 2. The van der Waals surface area contributed by atoms with Gasteiger partial charge >= 0.3 is 0 Å². The second-order valence-electron chi connectivity index (χ2n) is 6.23. The number of morpholine rings is 1. The van der Waals surface area contributed by atoms with Crippen LogP contribution in [0.5, 0.6) is 5.75 Å². The van der Waals surface area contributed by atoms with E-state index < -0.39 is 0 Å². The maximum absolute atomic E-state index is 5.48. The number of nitrogens with zero attached hydrogens (tertiary/aromatic N) is 3. The van der Waals surface area contributed by atoms with E-state index in [4.69, 9.17) is 19.4 Å². The van der Waals surface area contributed by atoms with E-state index in [0.29, 0.717) is 19.2 Å². The van der Waals surface area contributed by atoms with Crippen molar-refractivity contribution < 1.29 is 9.47 Å². The van der Waals surface area contributed by atoms with Crippen LogP contribution in [0.25, 0.3) is 11.3 Å². The first-order valence-corrected chi connectivity index (χ1v) is 9.01.